The van der Waals surface area contributed by atoms with Gasteiger partial charge in [-0.1, -0.05) is 110 Å². The van der Waals surface area contributed by atoms with E-state index in [-0.39, 0.29) is 5.82 Å². The Hall–Kier alpha value is -6.06. The highest BCUT2D eigenvalue weighted by molar-refractivity contribution is 6.21. The largest absolute Gasteiger partial charge is 0.296 e. The first-order valence-corrected chi connectivity index (χ1v) is 15.7. The van der Waals surface area contributed by atoms with Gasteiger partial charge < -0.3 is 0 Å². The van der Waals surface area contributed by atoms with Gasteiger partial charge in [-0.15, -0.1) is 0 Å². The van der Waals surface area contributed by atoms with Gasteiger partial charge in [-0.2, -0.15) is 0 Å². The summed E-state index contributed by atoms with van der Waals surface area (Å²) < 4.78 is 42.7. The number of hydrogen-bond acceptors (Lipinski definition) is 2. The number of pyridine rings is 1. The third-order valence-electron chi connectivity index (χ3n) is 9.09. The number of benzene rings is 7. The number of fused-ring (bicyclic) bond motifs is 4. The van der Waals surface area contributed by atoms with E-state index in [1.54, 1.807) is 10.6 Å². The number of hydrogen-bond donors (Lipinski definition) is 0. The Labute approximate surface area is 280 Å². The van der Waals surface area contributed by atoms with Crippen LogP contribution in [0.3, 0.4) is 0 Å². The molecule has 3 heteroatoms. The molecule has 2 aromatic heterocycles. The predicted molar refractivity (Wildman–Crippen MR) is 197 cm³/mol. The van der Waals surface area contributed by atoms with Crippen molar-refractivity contribution in [2.45, 2.75) is 13.2 Å². The van der Waals surface area contributed by atoms with Gasteiger partial charge in [0, 0.05) is 30.7 Å². The number of para-hydroxylation sites is 2. The predicted octanol–water partition coefficient (Wildman–Crippen LogP) is 11.4. The Bertz CT molecular complexity index is 2760. The van der Waals surface area contributed by atoms with Crippen molar-refractivity contribution in [3.63, 3.8) is 0 Å². The molecule has 9 aromatic rings. The molecule has 0 aliphatic heterocycles. The summed E-state index contributed by atoms with van der Waals surface area (Å²) in [7, 11) is 0. The number of rotatable bonds is 5. The maximum Gasteiger partial charge on any atom is 0.114 e. The van der Waals surface area contributed by atoms with Gasteiger partial charge >= 0.3 is 0 Å². The highest BCUT2D eigenvalue weighted by Gasteiger charge is 2.18. The third kappa shape index (κ3) is 4.51. The van der Waals surface area contributed by atoms with E-state index in [9.17, 15) is 0 Å². The van der Waals surface area contributed by atoms with E-state index >= 15 is 0 Å². The molecule has 0 atom stereocenters. The molecule has 0 fully saturated rings. The quantitative estimate of drug-likeness (QED) is 0.183. The van der Waals surface area contributed by atoms with E-state index in [2.05, 4.69) is 101 Å². The summed E-state index contributed by atoms with van der Waals surface area (Å²) in [5.41, 5.74) is 8.35. The molecule has 0 amide bonds. The average Bonchev–Trinajstić information content (AvgIpc) is 3.57. The van der Waals surface area contributed by atoms with Crippen LogP contribution >= 0.6 is 0 Å². The van der Waals surface area contributed by atoms with E-state index in [0.29, 0.717) is 16.7 Å². The van der Waals surface area contributed by atoms with Crippen LogP contribution in [0.1, 0.15) is 19.5 Å². The summed E-state index contributed by atoms with van der Waals surface area (Å²) in [5, 5.41) is 6.57. The zero-order chi connectivity index (χ0) is 35.6. The normalized spacial score (nSPS) is 13.7. The van der Waals surface area contributed by atoms with Crippen molar-refractivity contribution in [1.82, 2.24) is 14.5 Å². The van der Waals surface area contributed by atoms with Crippen molar-refractivity contribution in [3.8, 4) is 39.2 Å². The Morgan fingerprint density at radius 3 is 1.94 bits per heavy atom. The molecule has 3 nitrogen and oxygen atoms in total. The van der Waals surface area contributed by atoms with Gasteiger partial charge in [-0.05, 0) is 103 Å². The maximum atomic E-state index is 8.60. The molecular formula is C44H31N3. The average molecular weight is 607 g/mol. The molecule has 0 aliphatic rings. The second-order valence-corrected chi connectivity index (χ2v) is 11.8. The van der Waals surface area contributed by atoms with Crippen LogP contribution in [0.5, 0.6) is 0 Å². The molecule has 0 saturated heterocycles. The summed E-state index contributed by atoms with van der Waals surface area (Å²) in [5.74, 6) is -0.145. The monoisotopic (exact) mass is 606 g/mol. The standard InChI is InChI=1S/C44H31N3/c1-2-42-46-40-19-7-8-20-41(40)47(42)34-24-23-29-26-33(22-21-30(29)28-34)44-37-16-5-3-14-35(37)43(36-15-4-6-17-38(36)44)32-13-11-12-31(27-32)39-18-9-10-25-45-39/h3-28H,2H2,1H3/i1D3,2D2. The summed E-state index contributed by atoms with van der Waals surface area (Å²) in [6.45, 7) is -2.90. The lowest BCUT2D eigenvalue weighted by atomic mass is 9.85. The fourth-order valence-corrected chi connectivity index (χ4v) is 7.02. The highest BCUT2D eigenvalue weighted by Crippen LogP contribution is 2.44. The molecule has 0 saturated carbocycles. The van der Waals surface area contributed by atoms with E-state index in [0.717, 1.165) is 60.3 Å². The minimum atomic E-state index is -2.90. The summed E-state index contributed by atoms with van der Waals surface area (Å²) in [4.78, 5) is 9.09. The van der Waals surface area contributed by atoms with E-state index < -0.39 is 13.2 Å². The van der Waals surface area contributed by atoms with E-state index in [1.165, 1.54) is 5.56 Å². The van der Waals surface area contributed by atoms with Gasteiger partial charge in [0.15, 0.2) is 0 Å². The first-order valence-electron chi connectivity index (χ1n) is 18.2. The molecule has 9 rings (SSSR count). The molecular weight excluding hydrogens is 571 g/mol. The molecule has 2 heterocycles. The van der Waals surface area contributed by atoms with Crippen LogP contribution in [0.25, 0.3) is 82.5 Å². The van der Waals surface area contributed by atoms with Gasteiger partial charge in [0.25, 0.3) is 0 Å². The van der Waals surface area contributed by atoms with Crippen LogP contribution in [-0.4, -0.2) is 14.5 Å². The van der Waals surface area contributed by atoms with Gasteiger partial charge in [0.1, 0.15) is 5.82 Å². The molecule has 0 aliphatic carbocycles. The summed E-state index contributed by atoms with van der Waals surface area (Å²) >= 11 is 0. The van der Waals surface area contributed by atoms with Crippen LogP contribution < -0.4 is 0 Å². The molecule has 47 heavy (non-hydrogen) atoms. The van der Waals surface area contributed by atoms with Crippen LogP contribution in [-0.2, 0) is 6.37 Å². The first kappa shape index (κ1) is 22.4. The Kier molecular flexibility index (Phi) is 5.29. The number of aromatic nitrogens is 3. The van der Waals surface area contributed by atoms with E-state index in [4.69, 9.17) is 6.85 Å². The Morgan fingerprint density at radius 1 is 0.574 bits per heavy atom. The Morgan fingerprint density at radius 2 is 1.21 bits per heavy atom. The lowest BCUT2D eigenvalue weighted by Gasteiger charge is -2.18. The molecule has 0 radical (unpaired) electrons. The second kappa shape index (κ2) is 11.1. The minimum Gasteiger partial charge on any atom is -0.296 e. The van der Waals surface area contributed by atoms with Crippen molar-refractivity contribution in [1.29, 1.82) is 0 Å². The first-order chi connectivity index (χ1) is 25.2. The van der Waals surface area contributed by atoms with Crippen molar-refractivity contribution in [2.75, 3.05) is 0 Å². The van der Waals surface area contributed by atoms with Gasteiger partial charge in [-0.25, -0.2) is 4.98 Å². The lowest BCUT2D eigenvalue weighted by Crippen LogP contribution is -2.00. The molecule has 222 valence electrons. The molecule has 0 N–H and O–H groups in total. The SMILES string of the molecule is [2H]C([2H])([2H])C([2H])([2H])c1nc2ccccc2n1-c1ccc2cc(-c3c4ccccc4c(-c4cccc(-c5ccccn5)c4)c4ccccc34)ccc2c1. The number of aryl methyl sites for hydroxylation is 1. The molecule has 0 unspecified atom stereocenters. The zero-order valence-electron chi connectivity index (χ0n) is 30.4. The van der Waals surface area contributed by atoms with Crippen molar-refractivity contribution in [3.05, 3.63) is 164 Å². The topological polar surface area (TPSA) is 30.7 Å². The van der Waals surface area contributed by atoms with Crippen LogP contribution in [0.4, 0.5) is 0 Å². The summed E-state index contributed by atoms with van der Waals surface area (Å²) in [6, 6.07) is 51.3. The number of nitrogens with zero attached hydrogens (tertiary/aromatic N) is 3. The maximum absolute atomic E-state index is 8.60. The number of imidazole rings is 1. The van der Waals surface area contributed by atoms with Crippen LogP contribution in [0.2, 0.25) is 0 Å². The van der Waals surface area contributed by atoms with Crippen molar-refractivity contribution >= 4 is 43.4 Å². The third-order valence-corrected chi connectivity index (χ3v) is 9.09. The van der Waals surface area contributed by atoms with E-state index in [1.807, 2.05) is 60.8 Å². The molecule has 0 bridgehead atoms. The fraction of sp³-hybridized carbons (Fsp3) is 0.0455. The van der Waals surface area contributed by atoms with Crippen LogP contribution in [0, 0.1) is 0 Å². The molecule has 0 spiro atoms. The molecule has 7 aromatic carbocycles. The fourth-order valence-electron chi connectivity index (χ4n) is 7.02. The smallest absolute Gasteiger partial charge is 0.114 e. The second-order valence-electron chi connectivity index (χ2n) is 11.8. The van der Waals surface area contributed by atoms with Crippen LogP contribution in [0.15, 0.2) is 158 Å². The Balaban J connectivity index is 1.22. The van der Waals surface area contributed by atoms with Gasteiger partial charge in [0.2, 0.25) is 0 Å². The van der Waals surface area contributed by atoms with Gasteiger partial charge in [-0.3, -0.25) is 9.55 Å². The van der Waals surface area contributed by atoms with Gasteiger partial charge in [0.05, 0.1) is 16.7 Å². The highest BCUT2D eigenvalue weighted by atomic mass is 15.1. The summed E-state index contributed by atoms with van der Waals surface area (Å²) in [6.07, 6.45) is -0.845. The zero-order valence-corrected chi connectivity index (χ0v) is 25.4. The van der Waals surface area contributed by atoms with Crippen molar-refractivity contribution in [2.24, 2.45) is 0 Å². The minimum absolute atomic E-state index is 0.145. The lowest BCUT2D eigenvalue weighted by molar-refractivity contribution is 0.909. The van der Waals surface area contributed by atoms with Crippen molar-refractivity contribution < 1.29 is 6.85 Å².